The molecule has 0 atom stereocenters. The van der Waals surface area contributed by atoms with Crippen LogP contribution in [0.1, 0.15) is 51.5 Å². The standard InChI is InChI=1S/C18H29FN2/c1-14(2)11-13-21(15-6-3-4-7-15)18-9-5-8-17(19)16(18)10-12-20/h5,8-9,14-15H,3-4,6-7,10-13,20H2,1-2H3. The first kappa shape index (κ1) is 16.3. The lowest BCUT2D eigenvalue weighted by Crippen LogP contribution is -2.35. The molecule has 0 saturated heterocycles. The van der Waals surface area contributed by atoms with E-state index in [9.17, 15) is 4.39 Å². The van der Waals surface area contributed by atoms with E-state index >= 15 is 0 Å². The van der Waals surface area contributed by atoms with Crippen LogP contribution in [-0.4, -0.2) is 19.1 Å². The molecule has 2 N–H and O–H groups in total. The molecule has 0 aliphatic heterocycles. The van der Waals surface area contributed by atoms with Crippen LogP contribution in [0.2, 0.25) is 0 Å². The summed E-state index contributed by atoms with van der Waals surface area (Å²) in [5, 5.41) is 0. The molecule has 0 unspecified atom stereocenters. The van der Waals surface area contributed by atoms with Gasteiger partial charge in [0.05, 0.1) is 0 Å². The molecular formula is C18H29FN2. The highest BCUT2D eigenvalue weighted by molar-refractivity contribution is 5.55. The van der Waals surface area contributed by atoms with Crippen molar-refractivity contribution in [1.82, 2.24) is 0 Å². The largest absolute Gasteiger partial charge is 0.368 e. The Morgan fingerprint density at radius 3 is 2.62 bits per heavy atom. The molecular weight excluding hydrogens is 263 g/mol. The Balaban J connectivity index is 2.28. The average molecular weight is 292 g/mol. The minimum Gasteiger partial charge on any atom is -0.368 e. The van der Waals surface area contributed by atoms with E-state index in [4.69, 9.17) is 5.73 Å². The van der Waals surface area contributed by atoms with Crippen molar-refractivity contribution in [3.05, 3.63) is 29.6 Å². The summed E-state index contributed by atoms with van der Waals surface area (Å²) in [5.74, 6) is 0.561. The van der Waals surface area contributed by atoms with Gasteiger partial charge >= 0.3 is 0 Å². The van der Waals surface area contributed by atoms with Gasteiger partial charge in [-0.3, -0.25) is 0 Å². The molecule has 1 fully saturated rings. The van der Waals surface area contributed by atoms with E-state index in [1.54, 1.807) is 6.07 Å². The molecule has 0 radical (unpaired) electrons. The molecule has 1 aromatic carbocycles. The molecule has 2 nitrogen and oxygen atoms in total. The third-order valence-corrected chi connectivity index (χ3v) is 4.51. The zero-order valence-electron chi connectivity index (χ0n) is 13.4. The van der Waals surface area contributed by atoms with Gasteiger partial charge in [-0.1, -0.05) is 32.8 Å². The summed E-state index contributed by atoms with van der Waals surface area (Å²) in [6.45, 7) is 6.01. The molecule has 21 heavy (non-hydrogen) atoms. The fourth-order valence-electron chi connectivity index (χ4n) is 3.32. The quantitative estimate of drug-likeness (QED) is 0.819. The van der Waals surface area contributed by atoms with Gasteiger partial charge < -0.3 is 10.6 Å². The van der Waals surface area contributed by atoms with E-state index in [0.717, 1.165) is 24.2 Å². The SMILES string of the molecule is CC(C)CCN(c1cccc(F)c1CCN)C1CCCC1. The number of halogens is 1. The lowest BCUT2D eigenvalue weighted by molar-refractivity contribution is 0.524. The molecule has 0 aromatic heterocycles. The summed E-state index contributed by atoms with van der Waals surface area (Å²) in [5.41, 5.74) is 7.57. The van der Waals surface area contributed by atoms with Crippen LogP contribution in [0.5, 0.6) is 0 Å². The van der Waals surface area contributed by atoms with Crippen LogP contribution in [0.4, 0.5) is 10.1 Å². The van der Waals surface area contributed by atoms with Crippen molar-refractivity contribution in [2.24, 2.45) is 11.7 Å². The van der Waals surface area contributed by atoms with Crippen molar-refractivity contribution < 1.29 is 4.39 Å². The number of anilines is 1. The molecule has 0 spiro atoms. The van der Waals surface area contributed by atoms with Gasteiger partial charge in [0.1, 0.15) is 5.82 Å². The van der Waals surface area contributed by atoms with Crippen molar-refractivity contribution in [2.75, 3.05) is 18.0 Å². The second-order valence-electron chi connectivity index (χ2n) is 6.59. The van der Waals surface area contributed by atoms with Crippen LogP contribution in [0, 0.1) is 11.7 Å². The van der Waals surface area contributed by atoms with Crippen LogP contribution in [0.3, 0.4) is 0 Å². The first-order valence-electron chi connectivity index (χ1n) is 8.37. The van der Waals surface area contributed by atoms with Crippen LogP contribution in [0.25, 0.3) is 0 Å². The predicted octanol–water partition coefficient (Wildman–Crippen LogP) is 4.12. The maximum atomic E-state index is 14.2. The second-order valence-corrected chi connectivity index (χ2v) is 6.59. The van der Waals surface area contributed by atoms with Crippen LogP contribution in [0.15, 0.2) is 18.2 Å². The highest BCUT2D eigenvalue weighted by atomic mass is 19.1. The second kappa shape index (κ2) is 7.79. The Kier molecular flexibility index (Phi) is 6.04. The number of nitrogens with two attached hydrogens (primary N) is 1. The molecule has 118 valence electrons. The zero-order valence-corrected chi connectivity index (χ0v) is 13.4. The molecule has 0 amide bonds. The average Bonchev–Trinajstić information content (AvgIpc) is 2.96. The Hall–Kier alpha value is -1.09. The minimum atomic E-state index is -0.106. The first-order valence-corrected chi connectivity index (χ1v) is 8.37. The molecule has 1 aliphatic rings. The predicted molar refractivity (Wildman–Crippen MR) is 88.2 cm³/mol. The third-order valence-electron chi connectivity index (χ3n) is 4.51. The normalized spacial score (nSPS) is 15.9. The highest BCUT2D eigenvalue weighted by Gasteiger charge is 2.25. The lowest BCUT2D eigenvalue weighted by Gasteiger charge is -2.33. The third kappa shape index (κ3) is 4.19. The summed E-state index contributed by atoms with van der Waals surface area (Å²) < 4.78 is 14.2. The fourth-order valence-corrected chi connectivity index (χ4v) is 3.32. The van der Waals surface area contributed by atoms with Gasteiger partial charge in [0.2, 0.25) is 0 Å². The van der Waals surface area contributed by atoms with E-state index in [1.807, 2.05) is 6.07 Å². The van der Waals surface area contributed by atoms with Gasteiger partial charge in [-0.25, -0.2) is 4.39 Å². The number of benzene rings is 1. The van der Waals surface area contributed by atoms with Crippen molar-refractivity contribution in [3.8, 4) is 0 Å². The zero-order chi connectivity index (χ0) is 15.2. The maximum Gasteiger partial charge on any atom is 0.128 e. The Bertz CT molecular complexity index is 439. The van der Waals surface area contributed by atoms with E-state index in [-0.39, 0.29) is 5.82 Å². The number of nitrogens with zero attached hydrogens (tertiary/aromatic N) is 1. The van der Waals surface area contributed by atoms with Gasteiger partial charge in [0.25, 0.3) is 0 Å². The summed E-state index contributed by atoms with van der Waals surface area (Å²) >= 11 is 0. The van der Waals surface area contributed by atoms with E-state index in [0.29, 0.717) is 24.9 Å². The van der Waals surface area contributed by atoms with Crippen molar-refractivity contribution in [3.63, 3.8) is 0 Å². The molecule has 1 saturated carbocycles. The maximum absolute atomic E-state index is 14.2. The molecule has 2 rings (SSSR count). The Morgan fingerprint density at radius 1 is 1.29 bits per heavy atom. The lowest BCUT2D eigenvalue weighted by atomic mass is 10.0. The first-order chi connectivity index (χ1) is 10.1. The summed E-state index contributed by atoms with van der Waals surface area (Å²) in [6.07, 6.45) is 6.82. The van der Waals surface area contributed by atoms with Crippen LogP contribution in [-0.2, 0) is 6.42 Å². The topological polar surface area (TPSA) is 29.3 Å². The number of hydrogen-bond donors (Lipinski definition) is 1. The van der Waals surface area contributed by atoms with Gasteiger partial charge in [-0.2, -0.15) is 0 Å². The Morgan fingerprint density at radius 2 is 2.00 bits per heavy atom. The smallest absolute Gasteiger partial charge is 0.128 e. The van der Waals surface area contributed by atoms with Crippen LogP contribution < -0.4 is 10.6 Å². The van der Waals surface area contributed by atoms with Crippen molar-refractivity contribution >= 4 is 5.69 Å². The number of rotatable bonds is 7. The van der Waals surface area contributed by atoms with E-state index in [1.165, 1.54) is 25.7 Å². The minimum absolute atomic E-state index is 0.106. The van der Waals surface area contributed by atoms with E-state index in [2.05, 4.69) is 24.8 Å². The van der Waals surface area contributed by atoms with Crippen LogP contribution >= 0.6 is 0 Å². The molecule has 0 bridgehead atoms. The molecule has 1 aliphatic carbocycles. The molecule has 3 heteroatoms. The Labute approximate surface area is 128 Å². The van der Waals surface area contributed by atoms with Crippen molar-refractivity contribution in [1.29, 1.82) is 0 Å². The van der Waals surface area contributed by atoms with Crippen molar-refractivity contribution in [2.45, 2.75) is 58.4 Å². The summed E-state index contributed by atoms with van der Waals surface area (Å²) in [4.78, 5) is 2.46. The molecule has 0 heterocycles. The summed E-state index contributed by atoms with van der Waals surface area (Å²) in [6, 6.07) is 6.04. The van der Waals surface area contributed by atoms with E-state index < -0.39 is 0 Å². The van der Waals surface area contributed by atoms with Gasteiger partial charge in [0.15, 0.2) is 0 Å². The highest BCUT2D eigenvalue weighted by Crippen LogP contribution is 2.32. The fraction of sp³-hybridized carbons (Fsp3) is 0.667. The summed E-state index contributed by atoms with van der Waals surface area (Å²) in [7, 11) is 0. The van der Waals surface area contributed by atoms with Gasteiger partial charge in [0, 0.05) is 23.8 Å². The monoisotopic (exact) mass is 292 g/mol. The van der Waals surface area contributed by atoms with Gasteiger partial charge in [-0.15, -0.1) is 0 Å². The number of hydrogen-bond acceptors (Lipinski definition) is 2. The van der Waals surface area contributed by atoms with Gasteiger partial charge in [-0.05, 0) is 50.3 Å². The molecule has 1 aromatic rings.